The predicted molar refractivity (Wildman–Crippen MR) is 120 cm³/mol. The van der Waals surface area contributed by atoms with E-state index in [4.69, 9.17) is 0 Å². The van der Waals surface area contributed by atoms with Crippen LogP contribution in [0.25, 0.3) is 10.8 Å². The Morgan fingerprint density at radius 1 is 1.03 bits per heavy atom. The number of benzene rings is 2. The van der Waals surface area contributed by atoms with E-state index < -0.39 is 17.6 Å². The summed E-state index contributed by atoms with van der Waals surface area (Å²) in [6.07, 6.45) is 12.8. The van der Waals surface area contributed by atoms with Crippen molar-refractivity contribution in [1.29, 1.82) is 0 Å². The molecule has 0 aromatic heterocycles. The molecule has 0 aliphatic heterocycles. The largest absolute Gasteiger partial charge is 0.465 e. The van der Waals surface area contributed by atoms with Crippen molar-refractivity contribution in [2.24, 2.45) is 17.8 Å². The summed E-state index contributed by atoms with van der Waals surface area (Å²) >= 11 is 0. The summed E-state index contributed by atoms with van der Waals surface area (Å²) < 4.78 is 34.3. The Kier molecular flexibility index (Phi) is 6.93. The highest BCUT2D eigenvalue weighted by molar-refractivity contribution is 5.96. The third kappa shape index (κ3) is 4.63. The molecule has 0 spiro atoms. The molecule has 2 unspecified atom stereocenters. The monoisotopic (exact) mass is 428 g/mol. The number of halogens is 2. The van der Waals surface area contributed by atoms with Crippen molar-refractivity contribution in [3.8, 4) is 0 Å². The molecule has 4 rings (SSSR count). The number of carbonyl (C=O) groups excluding carboxylic acids is 1. The van der Waals surface area contributed by atoms with E-state index in [2.05, 4.69) is 11.7 Å². The van der Waals surface area contributed by atoms with Crippen molar-refractivity contribution in [1.82, 2.24) is 0 Å². The zero-order chi connectivity index (χ0) is 22.0. The minimum atomic E-state index is -0.835. The maximum atomic E-state index is 14.9. The maximum absolute atomic E-state index is 14.9. The van der Waals surface area contributed by atoms with Gasteiger partial charge >= 0.3 is 5.97 Å². The van der Waals surface area contributed by atoms with Crippen molar-refractivity contribution in [3.63, 3.8) is 0 Å². The van der Waals surface area contributed by atoms with E-state index in [1.54, 1.807) is 6.07 Å². The Labute approximate surface area is 184 Å². The van der Waals surface area contributed by atoms with Crippen LogP contribution in [0.3, 0.4) is 0 Å². The third-order valence-corrected chi connectivity index (χ3v) is 7.84. The number of unbranched alkanes of at least 4 members (excludes halogenated alkanes) is 2. The van der Waals surface area contributed by atoms with Gasteiger partial charge in [0.05, 0.1) is 18.1 Å². The normalized spacial score (nSPS) is 25.9. The molecular formula is C27H34F2O2. The van der Waals surface area contributed by atoms with Crippen molar-refractivity contribution < 1.29 is 18.3 Å². The fourth-order valence-corrected chi connectivity index (χ4v) is 6.13. The van der Waals surface area contributed by atoms with Crippen molar-refractivity contribution in [3.05, 3.63) is 47.0 Å². The average molecular weight is 429 g/mol. The van der Waals surface area contributed by atoms with Gasteiger partial charge in [-0.15, -0.1) is 0 Å². The summed E-state index contributed by atoms with van der Waals surface area (Å²) in [6.45, 7) is 2.26. The molecule has 0 amide bonds. The van der Waals surface area contributed by atoms with E-state index in [1.165, 1.54) is 70.6 Å². The van der Waals surface area contributed by atoms with Gasteiger partial charge in [0.25, 0.3) is 0 Å². The number of hydrogen-bond donors (Lipinski definition) is 0. The summed E-state index contributed by atoms with van der Waals surface area (Å²) in [7, 11) is 1.19. The van der Waals surface area contributed by atoms with E-state index in [9.17, 15) is 13.6 Å². The number of hydrogen-bond acceptors (Lipinski definition) is 2. The average Bonchev–Trinajstić information content (AvgIpc) is 2.78. The molecule has 2 aromatic carbocycles. The molecule has 4 heteroatoms. The molecule has 2 nitrogen and oxygen atoms in total. The van der Waals surface area contributed by atoms with Crippen LogP contribution >= 0.6 is 0 Å². The van der Waals surface area contributed by atoms with E-state index >= 15 is 0 Å². The molecule has 0 saturated heterocycles. The Hall–Kier alpha value is -1.97. The van der Waals surface area contributed by atoms with E-state index in [0.29, 0.717) is 11.3 Å². The molecule has 0 N–H and O–H groups in total. The lowest BCUT2D eigenvalue weighted by molar-refractivity contribution is 0.0596. The second-order valence-corrected chi connectivity index (χ2v) is 9.72. The van der Waals surface area contributed by atoms with Gasteiger partial charge in [-0.25, -0.2) is 13.6 Å². The highest BCUT2D eigenvalue weighted by Crippen LogP contribution is 2.48. The molecule has 168 valence electrons. The van der Waals surface area contributed by atoms with Crippen LogP contribution in [0, 0.1) is 29.4 Å². The van der Waals surface area contributed by atoms with Gasteiger partial charge in [0.15, 0.2) is 0 Å². The summed E-state index contributed by atoms with van der Waals surface area (Å²) in [6, 6.07) is 6.44. The fraction of sp³-hybridized carbons (Fsp3) is 0.593. The van der Waals surface area contributed by atoms with E-state index in [0.717, 1.165) is 36.2 Å². The number of esters is 1. The lowest BCUT2D eigenvalue weighted by Crippen LogP contribution is -2.30. The first-order valence-electron chi connectivity index (χ1n) is 12.0. The molecule has 2 aromatic rings. The zero-order valence-electron chi connectivity index (χ0n) is 18.8. The van der Waals surface area contributed by atoms with Crippen LogP contribution in [0.1, 0.15) is 93.0 Å². The van der Waals surface area contributed by atoms with Crippen molar-refractivity contribution in [2.45, 2.75) is 77.0 Å². The van der Waals surface area contributed by atoms with Gasteiger partial charge in [-0.05, 0) is 78.9 Å². The number of methoxy groups -OCH3 is 1. The number of rotatable bonds is 6. The second-order valence-electron chi connectivity index (χ2n) is 9.72. The highest BCUT2D eigenvalue weighted by atomic mass is 19.1. The van der Waals surface area contributed by atoms with E-state index in [1.807, 2.05) is 6.07 Å². The quantitative estimate of drug-likeness (QED) is 0.347. The van der Waals surface area contributed by atoms with Crippen LogP contribution in [0.4, 0.5) is 8.78 Å². The molecule has 4 atom stereocenters. The minimum Gasteiger partial charge on any atom is -0.465 e. The van der Waals surface area contributed by atoms with E-state index in [-0.39, 0.29) is 10.9 Å². The smallest absolute Gasteiger partial charge is 0.340 e. The first-order valence-corrected chi connectivity index (χ1v) is 12.0. The number of ether oxygens (including phenoxy) is 1. The molecule has 2 aliphatic rings. The first kappa shape index (κ1) is 22.2. The van der Waals surface area contributed by atoms with Crippen LogP contribution in [0.15, 0.2) is 24.3 Å². The molecule has 0 bridgehead atoms. The summed E-state index contributed by atoms with van der Waals surface area (Å²) in [5.41, 5.74) is 0.747. The predicted octanol–water partition coefficient (Wildman–Crippen LogP) is 7.78. The van der Waals surface area contributed by atoms with Gasteiger partial charge in [-0.1, -0.05) is 51.2 Å². The lowest BCUT2D eigenvalue weighted by Gasteiger charge is -2.42. The van der Waals surface area contributed by atoms with Crippen molar-refractivity contribution in [2.75, 3.05) is 7.11 Å². The Bertz CT molecular complexity index is 938. The zero-order valence-corrected chi connectivity index (χ0v) is 18.8. The molecule has 0 heterocycles. The maximum Gasteiger partial charge on any atom is 0.340 e. The first-order chi connectivity index (χ1) is 15.0. The molecule has 0 radical (unpaired) electrons. The Morgan fingerprint density at radius 2 is 1.81 bits per heavy atom. The summed E-state index contributed by atoms with van der Waals surface area (Å²) in [5, 5.41) is 0.398. The van der Waals surface area contributed by atoms with Crippen LogP contribution < -0.4 is 0 Å². The Balaban J connectivity index is 1.49. The molecule has 2 aliphatic carbocycles. The number of fused-ring (bicyclic) bond motifs is 2. The Morgan fingerprint density at radius 3 is 2.58 bits per heavy atom. The third-order valence-electron chi connectivity index (χ3n) is 7.84. The van der Waals surface area contributed by atoms with Gasteiger partial charge in [-0.2, -0.15) is 0 Å². The van der Waals surface area contributed by atoms with Crippen LogP contribution in [-0.2, 0) is 4.74 Å². The van der Waals surface area contributed by atoms with Gasteiger partial charge < -0.3 is 4.74 Å². The number of carbonyl (C=O) groups is 1. The SMILES string of the molecule is CCCCCC1CC[C@@H]2CC(c3cc(F)c4c(F)c(C(=O)OC)ccc4c3)CC[C@H]2C1. The summed E-state index contributed by atoms with van der Waals surface area (Å²) in [4.78, 5) is 11.7. The molecule has 2 saturated carbocycles. The van der Waals surface area contributed by atoms with Gasteiger partial charge in [0.2, 0.25) is 0 Å². The van der Waals surface area contributed by atoms with Gasteiger partial charge in [-0.3, -0.25) is 0 Å². The second kappa shape index (κ2) is 9.67. The topological polar surface area (TPSA) is 26.3 Å². The molecular weight excluding hydrogens is 394 g/mol. The van der Waals surface area contributed by atoms with Crippen molar-refractivity contribution >= 4 is 16.7 Å². The highest BCUT2D eigenvalue weighted by Gasteiger charge is 2.36. The van der Waals surface area contributed by atoms with Gasteiger partial charge in [0, 0.05) is 0 Å². The standard InChI is InChI=1S/C27H34F2O2/c1-3-4-5-6-17-7-8-19-14-20(10-9-18(19)13-17)22-15-21-11-12-23(27(30)31-2)26(29)25(21)24(28)16-22/h11-12,15-20H,3-10,13-14H2,1-2H3/t17?,18-,19+,20?/m0/s1. The van der Waals surface area contributed by atoms with Gasteiger partial charge in [0.1, 0.15) is 11.6 Å². The molecule has 2 fully saturated rings. The summed E-state index contributed by atoms with van der Waals surface area (Å²) in [5.74, 6) is 0.581. The lowest BCUT2D eigenvalue weighted by atomic mass is 9.63. The van der Waals surface area contributed by atoms with Crippen LogP contribution in [0.5, 0.6) is 0 Å². The van der Waals surface area contributed by atoms with Crippen LogP contribution in [0.2, 0.25) is 0 Å². The minimum absolute atomic E-state index is 0.118. The molecule has 31 heavy (non-hydrogen) atoms. The van der Waals surface area contributed by atoms with Crippen LogP contribution in [-0.4, -0.2) is 13.1 Å². The fourth-order valence-electron chi connectivity index (χ4n) is 6.13.